The Hall–Kier alpha value is -2.29. The molecule has 154 valence electrons. The molecular formula is C21H28N6OS. The molecule has 3 aromatic rings. The van der Waals surface area contributed by atoms with E-state index in [1.54, 1.807) is 11.3 Å². The third-order valence-corrected chi connectivity index (χ3v) is 5.80. The monoisotopic (exact) mass is 412 g/mol. The predicted octanol–water partition coefficient (Wildman–Crippen LogP) is 4.18. The first kappa shape index (κ1) is 20.0. The van der Waals surface area contributed by atoms with E-state index in [0.717, 1.165) is 36.3 Å². The molecule has 2 N–H and O–H groups in total. The van der Waals surface area contributed by atoms with Crippen LogP contribution in [0.2, 0.25) is 0 Å². The summed E-state index contributed by atoms with van der Waals surface area (Å²) in [5, 5.41) is 11.6. The maximum absolute atomic E-state index is 6.05. The second-order valence-electron chi connectivity index (χ2n) is 8.46. The molecule has 1 unspecified atom stereocenters. The Morgan fingerprint density at radius 2 is 2.17 bits per heavy atom. The molecule has 0 amide bonds. The number of hydrogen-bond donors (Lipinski definition) is 2. The van der Waals surface area contributed by atoms with E-state index in [4.69, 9.17) is 9.72 Å². The van der Waals surface area contributed by atoms with Gasteiger partial charge in [0.2, 0.25) is 0 Å². The van der Waals surface area contributed by atoms with Gasteiger partial charge in [0, 0.05) is 47.4 Å². The number of nitrogens with one attached hydrogen (secondary N) is 2. The summed E-state index contributed by atoms with van der Waals surface area (Å²) in [6.45, 7) is 11.9. The highest BCUT2D eigenvalue weighted by Crippen LogP contribution is 2.28. The number of thiazole rings is 1. The van der Waals surface area contributed by atoms with Crippen molar-refractivity contribution < 1.29 is 4.74 Å². The second kappa shape index (κ2) is 8.22. The highest BCUT2D eigenvalue weighted by Gasteiger charge is 2.26. The smallest absolute Gasteiger partial charge is 0.188 e. The van der Waals surface area contributed by atoms with Crippen molar-refractivity contribution in [2.24, 2.45) is 0 Å². The van der Waals surface area contributed by atoms with Gasteiger partial charge in [-0.15, -0.1) is 11.3 Å². The van der Waals surface area contributed by atoms with Crippen molar-refractivity contribution in [2.45, 2.75) is 45.8 Å². The highest BCUT2D eigenvalue weighted by molar-refractivity contribution is 7.15. The summed E-state index contributed by atoms with van der Waals surface area (Å²) in [5.74, 6) is 0.794. The van der Waals surface area contributed by atoms with Gasteiger partial charge >= 0.3 is 0 Å². The fraction of sp³-hybridized carbons (Fsp3) is 0.476. The number of hydrogen-bond acceptors (Lipinski definition) is 7. The molecule has 1 saturated heterocycles. The summed E-state index contributed by atoms with van der Waals surface area (Å²) in [6, 6.07) is 6.01. The first-order valence-electron chi connectivity index (χ1n) is 9.91. The molecule has 29 heavy (non-hydrogen) atoms. The largest absolute Gasteiger partial charge is 0.369 e. The lowest BCUT2D eigenvalue weighted by Gasteiger charge is -2.33. The zero-order chi connectivity index (χ0) is 20.4. The minimum Gasteiger partial charge on any atom is -0.369 e. The molecule has 0 bridgehead atoms. The molecule has 3 aromatic heterocycles. The Morgan fingerprint density at radius 1 is 1.31 bits per heavy atom. The number of anilines is 2. The van der Waals surface area contributed by atoms with Crippen LogP contribution < -0.4 is 5.32 Å². The van der Waals surface area contributed by atoms with Crippen LogP contribution >= 0.6 is 11.3 Å². The average Bonchev–Trinajstić information content (AvgIpc) is 3.31. The van der Waals surface area contributed by atoms with Gasteiger partial charge in [0.25, 0.3) is 0 Å². The maximum atomic E-state index is 6.05. The lowest BCUT2D eigenvalue weighted by atomic mass is 9.89. The summed E-state index contributed by atoms with van der Waals surface area (Å²) in [7, 11) is 0. The van der Waals surface area contributed by atoms with Crippen LogP contribution in [0.3, 0.4) is 0 Å². The molecule has 8 heteroatoms. The molecule has 0 aromatic carbocycles. The van der Waals surface area contributed by atoms with Crippen LogP contribution in [-0.4, -0.2) is 44.8 Å². The van der Waals surface area contributed by atoms with E-state index in [2.05, 4.69) is 46.2 Å². The third kappa shape index (κ3) is 4.83. The van der Waals surface area contributed by atoms with Gasteiger partial charge in [-0.3, -0.25) is 10.00 Å². The van der Waals surface area contributed by atoms with Gasteiger partial charge in [-0.25, -0.2) is 9.97 Å². The minimum atomic E-state index is -0.0477. The molecule has 1 aliphatic heterocycles. The van der Waals surface area contributed by atoms with Crippen LogP contribution in [0, 0.1) is 6.92 Å². The van der Waals surface area contributed by atoms with Crippen LogP contribution in [0.5, 0.6) is 0 Å². The van der Waals surface area contributed by atoms with Crippen molar-refractivity contribution in [3.8, 4) is 0 Å². The van der Waals surface area contributed by atoms with Crippen molar-refractivity contribution in [3.05, 3.63) is 52.4 Å². The Bertz CT molecular complexity index is 960. The van der Waals surface area contributed by atoms with E-state index in [0.29, 0.717) is 6.61 Å². The van der Waals surface area contributed by atoms with Crippen molar-refractivity contribution in [3.63, 3.8) is 0 Å². The molecule has 0 spiro atoms. The number of rotatable bonds is 5. The van der Waals surface area contributed by atoms with E-state index in [1.807, 2.05) is 37.5 Å². The van der Waals surface area contributed by atoms with Gasteiger partial charge in [-0.2, -0.15) is 5.10 Å². The molecule has 1 atom stereocenters. The normalized spacial score (nSPS) is 18.1. The van der Waals surface area contributed by atoms with Gasteiger partial charge in [0.1, 0.15) is 11.9 Å². The van der Waals surface area contributed by atoms with Crippen LogP contribution in [0.25, 0.3) is 0 Å². The van der Waals surface area contributed by atoms with E-state index < -0.39 is 0 Å². The summed E-state index contributed by atoms with van der Waals surface area (Å²) in [6.07, 6.45) is 3.76. The number of aromatic amines is 1. The number of H-pyrrole nitrogens is 1. The van der Waals surface area contributed by atoms with E-state index in [9.17, 15) is 0 Å². The first-order valence-corrected chi connectivity index (χ1v) is 10.7. The maximum Gasteiger partial charge on any atom is 0.188 e. The van der Waals surface area contributed by atoms with Crippen molar-refractivity contribution in [1.29, 1.82) is 0 Å². The first-order chi connectivity index (χ1) is 13.9. The molecule has 7 nitrogen and oxygen atoms in total. The number of morpholine rings is 1. The van der Waals surface area contributed by atoms with E-state index >= 15 is 0 Å². The molecule has 1 fully saturated rings. The minimum absolute atomic E-state index is 0.0477. The van der Waals surface area contributed by atoms with Crippen LogP contribution in [0.1, 0.15) is 48.7 Å². The molecular weight excluding hydrogens is 384 g/mol. The summed E-state index contributed by atoms with van der Waals surface area (Å²) in [5.41, 5.74) is 3.44. The zero-order valence-electron chi connectivity index (χ0n) is 17.4. The standard InChI is InChI=1S/C21H28N6OS/c1-14-10-22-20(29-14)25-18-7-5-6-16(24-18)17-13-27(8-9-28-17)12-15-11-23-26-19(15)21(2,3)4/h5-7,10-11,17H,8-9,12-13H2,1-4H3,(H,23,26)(H,22,24,25). The Morgan fingerprint density at radius 3 is 2.93 bits per heavy atom. The fourth-order valence-electron chi connectivity index (χ4n) is 3.57. The number of aromatic nitrogens is 4. The van der Waals surface area contributed by atoms with Gasteiger partial charge in [-0.05, 0) is 19.1 Å². The summed E-state index contributed by atoms with van der Waals surface area (Å²) >= 11 is 1.62. The van der Waals surface area contributed by atoms with Gasteiger partial charge in [-0.1, -0.05) is 26.8 Å². The topological polar surface area (TPSA) is 79.0 Å². The van der Waals surface area contributed by atoms with Crippen molar-refractivity contribution >= 4 is 22.3 Å². The van der Waals surface area contributed by atoms with E-state index in [-0.39, 0.29) is 11.5 Å². The Balaban J connectivity index is 1.45. The van der Waals surface area contributed by atoms with Crippen LogP contribution in [0.15, 0.2) is 30.6 Å². The fourth-order valence-corrected chi connectivity index (χ4v) is 4.24. The number of nitrogens with zero attached hydrogens (tertiary/aromatic N) is 4. The summed E-state index contributed by atoms with van der Waals surface area (Å²) < 4.78 is 6.05. The van der Waals surface area contributed by atoms with Crippen molar-refractivity contribution in [1.82, 2.24) is 25.1 Å². The number of aryl methyl sites for hydroxylation is 1. The number of pyridine rings is 1. The molecule has 0 radical (unpaired) electrons. The second-order valence-corrected chi connectivity index (χ2v) is 9.70. The SMILES string of the molecule is Cc1cnc(Nc2cccc(C3CN(Cc4cn[nH]c4C(C)(C)C)CCO3)n2)s1. The van der Waals surface area contributed by atoms with Gasteiger partial charge in [0.05, 0.1) is 18.5 Å². The molecule has 4 heterocycles. The highest BCUT2D eigenvalue weighted by atomic mass is 32.1. The number of ether oxygens (including phenoxy) is 1. The summed E-state index contributed by atoms with van der Waals surface area (Å²) in [4.78, 5) is 12.7. The molecule has 4 rings (SSSR count). The molecule has 0 saturated carbocycles. The molecule has 0 aliphatic carbocycles. The lowest BCUT2D eigenvalue weighted by Crippen LogP contribution is -2.38. The van der Waals surface area contributed by atoms with Crippen LogP contribution in [0.4, 0.5) is 10.9 Å². The average molecular weight is 413 g/mol. The van der Waals surface area contributed by atoms with Crippen molar-refractivity contribution in [2.75, 3.05) is 25.0 Å². The zero-order valence-corrected chi connectivity index (χ0v) is 18.2. The van der Waals surface area contributed by atoms with Crippen LogP contribution in [-0.2, 0) is 16.7 Å². The van der Waals surface area contributed by atoms with Gasteiger partial charge in [0.15, 0.2) is 5.13 Å². The predicted molar refractivity (Wildman–Crippen MR) is 116 cm³/mol. The molecule has 1 aliphatic rings. The van der Waals surface area contributed by atoms with E-state index in [1.165, 1.54) is 16.1 Å². The Labute approximate surface area is 175 Å². The van der Waals surface area contributed by atoms with Gasteiger partial charge < -0.3 is 10.1 Å². The lowest BCUT2D eigenvalue weighted by molar-refractivity contribution is -0.0350. The third-order valence-electron chi connectivity index (χ3n) is 4.97. The Kier molecular flexibility index (Phi) is 5.67. The quantitative estimate of drug-likeness (QED) is 0.654.